The summed E-state index contributed by atoms with van der Waals surface area (Å²) in [5.74, 6) is 0. The highest BCUT2D eigenvalue weighted by atomic mass is 35.7. The third-order valence-corrected chi connectivity index (χ3v) is 4.64. The van der Waals surface area contributed by atoms with Gasteiger partial charge in [-0.2, -0.15) is 12.7 Å². The van der Waals surface area contributed by atoms with E-state index in [1.807, 2.05) is 0 Å². The third-order valence-electron chi connectivity index (χ3n) is 3.10. The molecular formula is C10H17ClN2O4S. The predicted molar refractivity (Wildman–Crippen MR) is 66.6 cm³/mol. The van der Waals surface area contributed by atoms with Crippen LogP contribution in [-0.4, -0.2) is 54.5 Å². The molecule has 2 bridgehead atoms. The first kappa shape index (κ1) is 13.9. The number of likely N-dealkylation sites (tertiary alicyclic amines) is 1. The van der Waals surface area contributed by atoms with Gasteiger partial charge >= 0.3 is 6.09 Å². The lowest BCUT2D eigenvalue weighted by Gasteiger charge is -2.33. The Kier molecular flexibility index (Phi) is 3.28. The summed E-state index contributed by atoms with van der Waals surface area (Å²) in [5.41, 5.74) is -0.544. The fourth-order valence-corrected chi connectivity index (χ4v) is 3.81. The van der Waals surface area contributed by atoms with Crippen molar-refractivity contribution in [3.05, 3.63) is 0 Å². The van der Waals surface area contributed by atoms with Crippen LogP contribution in [0.5, 0.6) is 0 Å². The summed E-state index contributed by atoms with van der Waals surface area (Å²) in [4.78, 5) is 13.5. The van der Waals surface area contributed by atoms with Crippen molar-refractivity contribution < 1.29 is 17.9 Å². The number of hydrogen-bond donors (Lipinski definition) is 0. The van der Waals surface area contributed by atoms with Crippen LogP contribution in [-0.2, 0) is 14.0 Å². The maximum Gasteiger partial charge on any atom is 0.410 e. The van der Waals surface area contributed by atoms with Crippen molar-refractivity contribution in [2.24, 2.45) is 0 Å². The van der Waals surface area contributed by atoms with Crippen molar-refractivity contribution in [3.63, 3.8) is 0 Å². The Hall–Kier alpha value is -0.530. The zero-order valence-electron chi connectivity index (χ0n) is 10.6. The van der Waals surface area contributed by atoms with Crippen LogP contribution in [0.2, 0.25) is 0 Å². The standard InChI is InChI=1S/C10H17ClN2O4S/c1-10(2,3)17-9(14)12-5-8-4-7(12)6-13(8)18(11,15)16/h7-8H,4-6H2,1-3H3/t7-,8-/m0/s1. The van der Waals surface area contributed by atoms with E-state index in [4.69, 9.17) is 15.4 Å². The molecule has 0 saturated carbocycles. The minimum Gasteiger partial charge on any atom is -0.444 e. The van der Waals surface area contributed by atoms with E-state index in [2.05, 4.69) is 0 Å². The van der Waals surface area contributed by atoms with E-state index in [-0.39, 0.29) is 24.7 Å². The van der Waals surface area contributed by atoms with Crippen LogP contribution in [0, 0.1) is 0 Å². The van der Waals surface area contributed by atoms with Gasteiger partial charge in [0.1, 0.15) is 5.60 Å². The summed E-state index contributed by atoms with van der Waals surface area (Å²) in [6.07, 6.45) is 0.243. The molecule has 6 nitrogen and oxygen atoms in total. The summed E-state index contributed by atoms with van der Waals surface area (Å²) < 4.78 is 29.1. The normalized spacial score (nSPS) is 28.8. The Morgan fingerprint density at radius 1 is 1.28 bits per heavy atom. The highest BCUT2D eigenvalue weighted by Gasteiger charge is 2.50. The lowest BCUT2D eigenvalue weighted by atomic mass is 10.2. The van der Waals surface area contributed by atoms with Crippen LogP contribution in [0.1, 0.15) is 27.2 Å². The lowest BCUT2D eigenvalue weighted by molar-refractivity contribution is 0.0174. The zero-order valence-corrected chi connectivity index (χ0v) is 12.2. The molecule has 2 aliphatic rings. The smallest absolute Gasteiger partial charge is 0.410 e. The fourth-order valence-electron chi connectivity index (χ4n) is 2.44. The second kappa shape index (κ2) is 4.25. The van der Waals surface area contributed by atoms with E-state index < -0.39 is 14.8 Å². The molecule has 2 aliphatic heterocycles. The molecule has 104 valence electrons. The number of halogens is 1. The van der Waals surface area contributed by atoms with Gasteiger partial charge in [-0.3, -0.25) is 0 Å². The van der Waals surface area contributed by atoms with Crippen LogP contribution in [0.25, 0.3) is 0 Å². The minimum atomic E-state index is -3.69. The molecule has 0 N–H and O–H groups in total. The molecule has 2 fully saturated rings. The van der Waals surface area contributed by atoms with E-state index in [1.54, 1.807) is 25.7 Å². The van der Waals surface area contributed by atoms with Crippen molar-refractivity contribution in [2.75, 3.05) is 13.1 Å². The summed E-state index contributed by atoms with van der Waals surface area (Å²) in [6, 6.07) is -0.344. The van der Waals surface area contributed by atoms with Gasteiger partial charge in [-0.1, -0.05) is 0 Å². The van der Waals surface area contributed by atoms with E-state index in [1.165, 1.54) is 4.31 Å². The Bertz CT molecular complexity index is 459. The molecule has 2 atom stereocenters. The van der Waals surface area contributed by atoms with Gasteiger partial charge in [0.05, 0.1) is 6.04 Å². The van der Waals surface area contributed by atoms with Gasteiger partial charge in [0, 0.05) is 29.8 Å². The molecule has 0 unspecified atom stereocenters. The third kappa shape index (κ3) is 2.73. The maximum absolute atomic E-state index is 11.9. The second-order valence-corrected chi connectivity index (χ2v) is 8.15. The molecule has 0 aromatic rings. The van der Waals surface area contributed by atoms with Crippen LogP contribution < -0.4 is 0 Å². The number of fused-ring (bicyclic) bond motifs is 2. The van der Waals surface area contributed by atoms with Crippen LogP contribution in [0.3, 0.4) is 0 Å². The number of rotatable bonds is 1. The van der Waals surface area contributed by atoms with Crippen molar-refractivity contribution in [3.8, 4) is 0 Å². The van der Waals surface area contributed by atoms with E-state index in [0.29, 0.717) is 13.0 Å². The fraction of sp³-hybridized carbons (Fsp3) is 0.900. The van der Waals surface area contributed by atoms with Crippen molar-refractivity contribution in [1.82, 2.24) is 9.21 Å². The van der Waals surface area contributed by atoms with Crippen molar-refractivity contribution in [1.29, 1.82) is 0 Å². The number of ether oxygens (including phenoxy) is 1. The highest BCUT2D eigenvalue weighted by molar-refractivity contribution is 8.11. The Labute approximate surface area is 111 Å². The molecule has 1 amide bonds. The average molecular weight is 297 g/mol. The first-order valence-electron chi connectivity index (χ1n) is 5.79. The maximum atomic E-state index is 11.9. The molecule has 0 aliphatic carbocycles. The lowest BCUT2D eigenvalue weighted by Crippen LogP contribution is -2.50. The van der Waals surface area contributed by atoms with Gasteiger partial charge in [-0.05, 0) is 27.2 Å². The summed E-state index contributed by atoms with van der Waals surface area (Å²) in [6.45, 7) is 6.01. The van der Waals surface area contributed by atoms with E-state index in [0.717, 1.165) is 0 Å². The Balaban J connectivity index is 2.02. The number of piperazine rings is 1. The van der Waals surface area contributed by atoms with Gasteiger partial charge in [0.15, 0.2) is 0 Å². The monoisotopic (exact) mass is 296 g/mol. The summed E-state index contributed by atoms with van der Waals surface area (Å²) >= 11 is 0. The summed E-state index contributed by atoms with van der Waals surface area (Å²) in [5, 5.41) is 0. The van der Waals surface area contributed by atoms with Gasteiger partial charge < -0.3 is 9.64 Å². The van der Waals surface area contributed by atoms with Crippen LogP contribution in [0.15, 0.2) is 0 Å². The van der Waals surface area contributed by atoms with Crippen molar-refractivity contribution >= 4 is 26.0 Å². The molecule has 0 aromatic carbocycles. The van der Waals surface area contributed by atoms with Crippen molar-refractivity contribution in [2.45, 2.75) is 44.9 Å². The quantitative estimate of drug-likeness (QED) is 0.681. The molecule has 18 heavy (non-hydrogen) atoms. The highest BCUT2D eigenvalue weighted by Crippen LogP contribution is 2.34. The molecule has 0 aromatic heterocycles. The molecular weight excluding hydrogens is 280 g/mol. The topological polar surface area (TPSA) is 66.9 Å². The van der Waals surface area contributed by atoms with E-state index >= 15 is 0 Å². The minimum absolute atomic E-state index is 0.127. The molecule has 2 rings (SSSR count). The predicted octanol–water partition coefficient (Wildman–Crippen LogP) is 1.16. The zero-order chi connectivity index (χ0) is 13.7. The van der Waals surface area contributed by atoms with Crippen LogP contribution in [0.4, 0.5) is 4.79 Å². The van der Waals surface area contributed by atoms with Gasteiger partial charge in [0.2, 0.25) is 0 Å². The van der Waals surface area contributed by atoms with Crippen LogP contribution >= 0.6 is 10.7 Å². The number of carbonyl (C=O) groups is 1. The Morgan fingerprint density at radius 3 is 2.28 bits per heavy atom. The molecule has 0 spiro atoms. The largest absolute Gasteiger partial charge is 0.444 e. The SMILES string of the molecule is CC(C)(C)OC(=O)N1C[C@@H]2C[C@H]1CN2S(=O)(=O)Cl. The molecule has 8 heteroatoms. The van der Waals surface area contributed by atoms with Gasteiger partial charge in [-0.15, -0.1) is 0 Å². The molecule has 2 heterocycles. The van der Waals surface area contributed by atoms with Gasteiger partial charge in [0.25, 0.3) is 9.24 Å². The number of nitrogens with zero attached hydrogens (tertiary/aromatic N) is 2. The number of amides is 1. The molecule has 0 radical (unpaired) electrons. The Morgan fingerprint density at radius 2 is 1.89 bits per heavy atom. The number of carbonyl (C=O) groups excluding carboxylic acids is 1. The number of hydrogen-bond acceptors (Lipinski definition) is 4. The first-order chi connectivity index (χ1) is 8.08. The van der Waals surface area contributed by atoms with E-state index in [9.17, 15) is 13.2 Å². The first-order valence-corrected chi connectivity index (χ1v) is 8.05. The molecule has 2 saturated heterocycles. The second-order valence-electron chi connectivity index (χ2n) is 5.69. The average Bonchev–Trinajstić information content (AvgIpc) is 2.71. The summed E-state index contributed by atoms with van der Waals surface area (Å²) in [7, 11) is 1.64. The van der Waals surface area contributed by atoms with Gasteiger partial charge in [-0.25, -0.2) is 4.79 Å².